The molecule has 6 nitrogen and oxygen atoms in total. The summed E-state index contributed by atoms with van der Waals surface area (Å²) in [4.78, 5) is 20.9. The van der Waals surface area contributed by atoms with Crippen LogP contribution in [-0.2, 0) is 4.79 Å². The maximum atomic E-state index is 11.1. The highest BCUT2D eigenvalue weighted by Crippen LogP contribution is 2.38. The van der Waals surface area contributed by atoms with Crippen LogP contribution in [0.2, 0.25) is 0 Å². The number of nitro groups is 1. The average Bonchev–Trinajstić information content (AvgIpc) is 1.98. The first-order valence-electron chi connectivity index (χ1n) is 4.56. The van der Waals surface area contributed by atoms with Crippen molar-refractivity contribution in [1.29, 1.82) is 0 Å². The summed E-state index contributed by atoms with van der Waals surface area (Å²) in [5.41, 5.74) is 3.04. The number of primary amides is 1. The van der Waals surface area contributed by atoms with Crippen molar-refractivity contribution in [3.8, 4) is 0 Å². The van der Waals surface area contributed by atoms with Crippen LogP contribution in [-0.4, -0.2) is 27.6 Å². The zero-order chi connectivity index (χ0) is 10.9. The third-order valence-corrected chi connectivity index (χ3v) is 3.08. The predicted molar refractivity (Wildman–Crippen MR) is 47.9 cm³/mol. The van der Waals surface area contributed by atoms with Gasteiger partial charge in [0.05, 0.1) is 0 Å². The summed E-state index contributed by atoms with van der Waals surface area (Å²) >= 11 is 0. The largest absolute Gasteiger partial charge is 0.374 e. The Morgan fingerprint density at radius 2 is 2.21 bits per heavy atom. The van der Waals surface area contributed by atoms with E-state index >= 15 is 0 Å². The molecule has 0 aromatic rings. The Hall–Kier alpha value is -1.17. The molecule has 80 valence electrons. The Morgan fingerprint density at radius 1 is 1.71 bits per heavy atom. The van der Waals surface area contributed by atoms with Crippen LogP contribution in [0.1, 0.15) is 26.2 Å². The maximum Gasteiger partial charge on any atom is 0.256 e. The standard InChI is InChI=1S/C8H14N2O4/c1-5(10(13)14)8(12,7(9)11)6-3-2-4-6/h5-6,12H,2-4H2,1H3,(H2,9,11). The molecule has 0 aromatic carbocycles. The minimum Gasteiger partial charge on any atom is -0.374 e. The van der Waals surface area contributed by atoms with Crippen molar-refractivity contribution in [3.05, 3.63) is 10.1 Å². The second-order valence-electron chi connectivity index (χ2n) is 3.78. The lowest BCUT2D eigenvalue weighted by Gasteiger charge is -2.38. The van der Waals surface area contributed by atoms with E-state index in [0.29, 0.717) is 12.8 Å². The molecule has 0 radical (unpaired) electrons. The molecule has 0 bridgehead atoms. The van der Waals surface area contributed by atoms with Gasteiger partial charge in [0.15, 0.2) is 0 Å². The number of nitrogens with zero attached hydrogens (tertiary/aromatic N) is 1. The lowest BCUT2D eigenvalue weighted by Crippen LogP contribution is -2.61. The molecule has 1 fully saturated rings. The minimum atomic E-state index is -1.98. The van der Waals surface area contributed by atoms with E-state index in [1.54, 1.807) is 0 Å². The van der Waals surface area contributed by atoms with Crippen LogP contribution in [0.4, 0.5) is 0 Å². The van der Waals surface area contributed by atoms with Crippen LogP contribution in [0.5, 0.6) is 0 Å². The third-order valence-electron chi connectivity index (χ3n) is 3.08. The molecule has 0 aliphatic heterocycles. The highest BCUT2D eigenvalue weighted by molar-refractivity contribution is 5.84. The predicted octanol–water partition coefficient (Wildman–Crippen LogP) is -0.332. The van der Waals surface area contributed by atoms with Gasteiger partial charge in [-0.15, -0.1) is 0 Å². The van der Waals surface area contributed by atoms with Gasteiger partial charge in [-0.2, -0.15) is 0 Å². The van der Waals surface area contributed by atoms with Gasteiger partial charge in [0.1, 0.15) is 0 Å². The molecule has 14 heavy (non-hydrogen) atoms. The van der Waals surface area contributed by atoms with Gasteiger partial charge in [0.2, 0.25) is 11.6 Å². The SMILES string of the molecule is CC([N+](=O)[O-])C(O)(C(N)=O)C1CCC1. The zero-order valence-corrected chi connectivity index (χ0v) is 7.97. The molecule has 0 saturated heterocycles. The van der Waals surface area contributed by atoms with E-state index < -0.39 is 22.5 Å². The summed E-state index contributed by atoms with van der Waals surface area (Å²) in [6.07, 6.45) is 2.12. The second kappa shape index (κ2) is 3.53. The molecular weight excluding hydrogens is 188 g/mol. The Kier molecular flexibility index (Phi) is 2.75. The van der Waals surface area contributed by atoms with Crippen LogP contribution < -0.4 is 5.73 Å². The number of aliphatic hydroxyl groups is 1. The number of rotatable bonds is 4. The van der Waals surface area contributed by atoms with E-state index in [2.05, 4.69) is 0 Å². The quantitative estimate of drug-likeness (QED) is 0.480. The fraction of sp³-hybridized carbons (Fsp3) is 0.875. The van der Waals surface area contributed by atoms with E-state index in [9.17, 15) is 20.0 Å². The summed E-state index contributed by atoms with van der Waals surface area (Å²) in [7, 11) is 0. The van der Waals surface area contributed by atoms with Crippen molar-refractivity contribution in [2.24, 2.45) is 11.7 Å². The molecule has 3 N–H and O–H groups in total. The zero-order valence-electron chi connectivity index (χ0n) is 7.97. The van der Waals surface area contributed by atoms with Gasteiger partial charge in [0.25, 0.3) is 5.91 Å². The lowest BCUT2D eigenvalue weighted by molar-refractivity contribution is -0.540. The van der Waals surface area contributed by atoms with Crippen molar-refractivity contribution in [3.63, 3.8) is 0 Å². The molecular formula is C8H14N2O4. The number of hydrogen-bond donors (Lipinski definition) is 2. The van der Waals surface area contributed by atoms with Crippen molar-refractivity contribution in [1.82, 2.24) is 0 Å². The Labute approximate surface area is 81.2 Å². The van der Waals surface area contributed by atoms with E-state index in [1.165, 1.54) is 6.92 Å². The van der Waals surface area contributed by atoms with Gasteiger partial charge in [-0.3, -0.25) is 14.9 Å². The van der Waals surface area contributed by atoms with Gasteiger partial charge < -0.3 is 10.8 Å². The third kappa shape index (κ3) is 1.45. The van der Waals surface area contributed by atoms with Crippen LogP contribution in [0.3, 0.4) is 0 Å². The first-order valence-corrected chi connectivity index (χ1v) is 4.56. The van der Waals surface area contributed by atoms with Gasteiger partial charge >= 0.3 is 0 Å². The molecule has 1 rings (SSSR count). The van der Waals surface area contributed by atoms with E-state index in [4.69, 9.17) is 5.73 Å². The highest BCUT2D eigenvalue weighted by atomic mass is 16.6. The first kappa shape index (κ1) is 10.9. The average molecular weight is 202 g/mol. The van der Waals surface area contributed by atoms with E-state index in [0.717, 1.165) is 6.42 Å². The number of amides is 1. The number of carbonyl (C=O) groups is 1. The normalized spacial score (nSPS) is 23.3. The van der Waals surface area contributed by atoms with Gasteiger partial charge in [-0.1, -0.05) is 6.42 Å². The Bertz CT molecular complexity index is 264. The molecule has 6 heteroatoms. The van der Waals surface area contributed by atoms with Crippen LogP contribution in [0.15, 0.2) is 0 Å². The Morgan fingerprint density at radius 3 is 2.43 bits per heavy atom. The summed E-state index contributed by atoms with van der Waals surface area (Å²) in [5.74, 6) is -1.35. The fourth-order valence-corrected chi connectivity index (χ4v) is 1.76. The summed E-state index contributed by atoms with van der Waals surface area (Å²) < 4.78 is 0. The highest BCUT2D eigenvalue weighted by Gasteiger charge is 2.55. The van der Waals surface area contributed by atoms with Crippen LogP contribution in [0, 0.1) is 16.0 Å². The number of hydrogen-bond acceptors (Lipinski definition) is 4. The molecule has 0 spiro atoms. The van der Waals surface area contributed by atoms with Gasteiger partial charge in [-0.05, 0) is 12.8 Å². The molecule has 1 aliphatic carbocycles. The number of nitrogens with two attached hydrogens (primary N) is 1. The second-order valence-corrected chi connectivity index (χ2v) is 3.78. The van der Waals surface area contributed by atoms with Crippen LogP contribution >= 0.6 is 0 Å². The Balaban J connectivity index is 2.90. The molecule has 0 aromatic heterocycles. The van der Waals surface area contributed by atoms with Crippen molar-refractivity contribution in [2.75, 3.05) is 0 Å². The molecule has 0 heterocycles. The van der Waals surface area contributed by atoms with Gasteiger partial charge in [0, 0.05) is 17.8 Å². The van der Waals surface area contributed by atoms with E-state index in [-0.39, 0.29) is 5.92 Å². The lowest BCUT2D eigenvalue weighted by atomic mass is 9.69. The smallest absolute Gasteiger partial charge is 0.256 e. The monoisotopic (exact) mass is 202 g/mol. The van der Waals surface area contributed by atoms with Crippen molar-refractivity contribution in [2.45, 2.75) is 37.8 Å². The van der Waals surface area contributed by atoms with Crippen LogP contribution in [0.25, 0.3) is 0 Å². The summed E-state index contributed by atoms with van der Waals surface area (Å²) in [6.45, 7) is 1.21. The summed E-state index contributed by atoms with van der Waals surface area (Å²) in [5, 5.41) is 20.5. The van der Waals surface area contributed by atoms with Crippen molar-refractivity contribution >= 4 is 5.91 Å². The minimum absolute atomic E-state index is 0.361. The number of carbonyl (C=O) groups excluding carboxylic acids is 1. The first-order chi connectivity index (χ1) is 6.40. The van der Waals surface area contributed by atoms with Gasteiger partial charge in [-0.25, -0.2) is 0 Å². The molecule has 1 amide bonds. The summed E-state index contributed by atoms with van der Waals surface area (Å²) in [6, 6.07) is -1.34. The maximum absolute atomic E-state index is 11.1. The topological polar surface area (TPSA) is 106 Å². The molecule has 1 aliphatic rings. The molecule has 2 atom stereocenters. The van der Waals surface area contributed by atoms with E-state index in [1.807, 2.05) is 0 Å². The molecule has 1 saturated carbocycles. The molecule has 2 unspecified atom stereocenters. The van der Waals surface area contributed by atoms with Crippen molar-refractivity contribution < 1.29 is 14.8 Å². The fourth-order valence-electron chi connectivity index (χ4n) is 1.76.